The summed E-state index contributed by atoms with van der Waals surface area (Å²) in [5, 5.41) is 5.03. The average molecular weight is 304 g/mol. The highest BCUT2D eigenvalue weighted by molar-refractivity contribution is 6.25. The van der Waals surface area contributed by atoms with Crippen LogP contribution in [0.5, 0.6) is 0 Å². The van der Waals surface area contributed by atoms with Crippen LogP contribution in [-0.2, 0) is 0 Å². The van der Waals surface area contributed by atoms with E-state index in [4.69, 9.17) is 0 Å². The van der Waals surface area contributed by atoms with Crippen molar-refractivity contribution in [1.82, 2.24) is 9.97 Å². The Morgan fingerprint density at radius 2 is 1.46 bits per heavy atom. The fourth-order valence-electron chi connectivity index (χ4n) is 4.12. The minimum atomic E-state index is 1.04. The van der Waals surface area contributed by atoms with Crippen molar-refractivity contribution < 1.29 is 0 Å². The van der Waals surface area contributed by atoms with Gasteiger partial charge in [0.05, 0.1) is 11.0 Å². The maximum atomic E-state index is 4.56. The lowest BCUT2D eigenvalue weighted by Gasteiger charge is -2.10. The van der Waals surface area contributed by atoms with Crippen molar-refractivity contribution in [2.75, 3.05) is 0 Å². The second kappa shape index (κ2) is 4.18. The molecule has 24 heavy (non-hydrogen) atoms. The van der Waals surface area contributed by atoms with E-state index in [9.17, 15) is 0 Å². The van der Waals surface area contributed by atoms with E-state index in [2.05, 4.69) is 64.6 Å². The Balaban J connectivity index is 1.93. The van der Waals surface area contributed by atoms with Crippen molar-refractivity contribution in [2.24, 2.45) is 0 Å². The third-order valence-electron chi connectivity index (χ3n) is 5.09. The van der Waals surface area contributed by atoms with Crippen LogP contribution in [0.3, 0.4) is 0 Å². The molecule has 1 aliphatic rings. The van der Waals surface area contributed by atoms with Gasteiger partial charge in [0.15, 0.2) is 0 Å². The van der Waals surface area contributed by atoms with Gasteiger partial charge in [0.25, 0.3) is 0 Å². The lowest BCUT2D eigenvalue weighted by molar-refractivity contribution is 1.42. The summed E-state index contributed by atoms with van der Waals surface area (Å²) in [7, 11) is 0. The van der Waals surface area contributed by atoms with Crippen LogP contribution in [0.25, 0.3) is 54.8 Å². The van der Waals surface area contributed by atoms with Crippen LogP contribution in [0.15, 0.2) is 73.1 Å². The summed E-state index contributed by atoms with van der Waals surface area (Å²) in [6.07, 6.45) is 3.77. The molecule has 6 rings (SSSR count). The molecule has 0 fully saturated rings. The Morgan fingerprint density at radius 1 is 0.542 bits per heavy atom. The van der Waals surface area contributed by atoms with Gasteiger partial charge in [-0.3, -0.25) is 9.97 Å². The maximum absolute atomic E-state index is 4.56. The molecule has 0 unspecified atom stereocenters. The van der Waals surface area contributed by atoms with Crippen molar-refractivity contribution in [3.8, 4) is 22.3 Å². The van der Waals surface area contributed by atoms with E-state index in [1.165, 1.54) is 43.8 Å². The molecule has 2 heterocycles. The van der Waals surface area contributed by atoms with E-state index in [0.29, 0.717) is 0 Å². The van der Waals surface area contributed by atoms with Gasteiger partial charge in [-0.2, -0.15) is 0 Å². The zero-order valence-corrected chi connectivity index (χ0v) is 12.8. The number of nitrogens with zero attached hydrogens (tertiary/aromatic N) is 2. The first-order chi connectivity index (χ1) is 11.9. The molecule has 0 amide bonds. The number of hydrogen-bond acceptors (Lipinski definition) is 2. The molecule has 3 aromatic carbocycles. The zero-order chi connectivity index (χ0) is 15.7. The molecule has 2 nitrogen and oxygen atoms in total. The number of fused-ring (bicyclic) bond motifs is 7. The van der Waals surface area contributed by atoms with Gasteiger partial charge in [-0.05, 0) is 57.3 Å². The minimum Gasteiger partial charge on any atom is -0.256 e. The van der Waals surface area contributed by atoms with E-state index >= 15 is 0 Å². The maximum Gasteiger partial charge on any atom is 0.0714 e. The van der Waals surface area contributed by atoms with Crippen molar-refractivity contribution in [3.05, 3.63) is 73.1 Å². The Kier molecular flexibility index (Phi) is 2.12. The number of hydrogen-bond donors (Lipinski definition) is 0. The molecule has 0 N–H and O–H groups in total. The summed E-state index contributed by atoms with van der Waals surface area (Å²) in [5.41, 5.74) is 7.29. The smallest absolute Gasteiger partial charge is 0.0714 e. The van der Waals surface area contributed by atoms with Crippen molar-refractivity contribution in [1.29, 1.82) is 0 Å². The molecule has 0 atom stereocenters. The van der Waals surface area contributed by atoms with Crippen LogP contribution < -0.4 is 0 Å². The molecule has 0 radical (unpaired) electrons. The highest BCUT2D eigenvalue weighted by atomic mass is 14.7. The summed E-state index contributed by atoms with van der Waals surface area (Å²) in [4.78, 5) is 9.10. The molecule has 1 aliphatic carbocycles. The largest absolute Gasteiger partial charge is 0.256 e. The van der Waals surface area contributed by atoms with Crippen LogP contribution in [0.4, 0.5) is 0 Å². The minimum absolute atomic E-state index is 1.04. The fourth-order valence-corrected chi connectivity index (χ4v) is 4.12. The quantitative estimate of drug-likeness (QED) is 0.342. The molecular weight excluding hydrogens is 292 g/mol. The van der Waals surface area contributed by atoms with Crippen molar-refractivity contribution >= 4 is 32.6 Å². The first-order valence-electron chi connectivity index (χ1n) is 8.11. The van der Waals surface area contributed by atoms with Gasteiger partial charge in [0.2, 0.25) is 0 Å². The number of pyridine rings is 2. The summed E-state index contributed by atoms with van der Waals surface area (Å²) in [6.45, 7) is 0. The summed E-state index contributed by atoms with van der Waals surface area (Å²) in [6, 6.07) is 21.5. The summed E-state index contributed by atoms with van der Waals surface area (Å²) >= 11 is 0. The van der Waals surface area contributed by atoms with Crippen molar-refractivity contribution in [2.45, 2.75) is 0 Å². The Hall–Kier alpha value is -3.26. The molecule has 110 valence electrons. The Morgan fingerprint density at radius 3 is 2.46 bits per heavy atom. The third kappa shape index (κ3) is 1.36. The molecule has 0 aliphatic heterocycles. The molecule has 2 aromatic heterocycles. The van der Waals surface area contributed by atoms with E-state index < -0.39 is 0 Å². The molecule has 0 spiro atoms. The summed E-state index contributed by atoms with van der Waals surface area (Å²) in [5.74, 6) is 0. The zero-order valence-electron chi connectivity index (χ0n) is 12.8. The number of aromatic nitrogens is 2. The molecule has 0 bridgehead atoms. The van der Waals surface area contributed by atoms with E-state index in [-0.39, 0.29) is 0 Å². The Bertz CT molecular complexity index is 1300. The average Bonchev–Trinajstić information content (AvgIpc) is 2.98. The number of benzene rings is 3. The topological polar surface area (TPSA) is 25.8 Å². The van der Waals surface area contributed by atoms with Crippen LogP contribution in [-0.4, -0.2) is 9.97 Å². The highest BCUT2D eigenvalue weighted by Gasteiger charge is 2.24. The molecular formula is C22H12N2. The summed E-state index contributed by atoms with van der Waals surface area (Å²) < 4.78 is 0. The van der Waals surface area contributed by atoms with Gasteiger partial charge in [0, 0.05) is 23.2 Å². The van der Waals surface area contributed by atoms with Gasteiger partial charge in [-0.25, -0.2) is 0 Å². The van der Waals surface area contributed by atoms with E-state index in [0.717, 1.165) is 11.0 Å². The Labute approximate surface area is 138 Å². The van der Waals surface area contributed by atoms with Gasteiger partial charge in [0.1, 0.15) is 0 Å². The van der Waals surface area contributed by atoms with Gasteiger partial charge in [-0.15, -0.1) is 0 Å². The number of rotatable bonds is 0. The second-order valence-electron chi connectivity index (χ2n) is 6.28. The molecule has 0 saturated heterocycles. The van der Waals surface area contributed by atoms with Crippen LogP contribution in [0.2, 0.25) is 0 Å². The monoisotopic (exact) mass is 304 g/mol. The van der Waals surface area contributed by atoms with Crippen LogP contribution in [0, 0.1) is 0 Å². The highest BCUT2D eigenvalue weighted by Crippen LogP contribution is 2.50. The van der Waals surface area contributed by atoms with Gasteiger partial charge in [-0.1, -0.05) is 36.4 Å². The second-order valence-corrected chi connectivity index (χ2v) is 6.28. The van der Waals surface area contributed by atoms with Crippen molar-refractivity contribution in [3.63, 3.8) is 0 Å². The van der Waals surface area contributed by atoms with E-state index in [1.807, 2.05) is 18.5 Å². The van der Waals surface area contributed by atoms with Gasteiger partial charge >= 0.3 is 0 Å². The fraction of sp³-hybridized carbons (Fsp3) is 0. The third-order valence-corrected chi connectivity index (χ3v) is 5.09. The molecule has 2 heteroatoms. The van der Waals surface area contributed by atoms with E-state index in [1.54, 1.807) is 0 Å². The SMILES string of the molecule is c1cc2c3c(ccnc3c1)-c1c-2ccc2ccc3ncccc3c12. The molecule has 0 saturated carbocycles. The molecule has 5 aromatic rings. The first kappa shape index (κ1) is 12.2. The normalized spacial score (nSPS) is 12.2. The lowest BCUT2D eigenvalue weighted by atomic mass is 9.94. The standard InChI is InChI=1S/C22H12N2/c1-3-14-15-8-6-13-7-9-18-16(4-2-11-23-18)20(13)22(15)17-10-12-24-19(5-1)21(14)17/h1-12H. The van der Waals surface area contributed by atoms with Gasteiger partial charge < -0.3 is 0 Å². The predicted octanol–water partition coefficient (Wildman–Crippen LogP) is 5.58. The lowest BCUT2D eigenvalue weighted by Crippen LogP contribution is -1.85. The van der Waals surface area contributed by atoms with Crippen LogP contribution >= 0.6 is 0 Å². The van der Waals surface area contributed by atoms with Crippen LogP contribution in [0.1, 0.15) is 0 Å². The predicted molar refractivity (Wildman–Crippen MR) is 99.0 cm³/mol. The first-order valence-corrected chi connectivity index (χ1v) is 8.11.